The normalized spacial score (nSPS) is 11.1. The maximum absolute atomic E-state index is 11.0. The zero-order valence-electron chi connectivity index (χ0n) is 10.5. The van der Waals surface area contributed by atoms with Crippen LogP contribution in [-0.4, -0.2) is 39.5 Å². The minimum absolute atomic E-state index is 0.238. The first-order valence-electron chi connectivity index (χ1n) is 5.74. The van der Waals surface area contributed by atoms with Crippen molar-refractivity contribution < 1.29 is 9.90 Å². The Hall–Kier alpha value is -2.63. The zero-order chi connectivity index (χ0) is 13.6. The number of aromatic carboxylic acids is 1. The molecule has 19 heavy (non-hydrogen) atoms. The number of carboxylic acids is 1. The van der Waals surface area contributed by atoms with Crippen molar-refractivity contribution in [1.29, 1.82) is 0 Å². The van der Waals surface area contributed by atoms with Gasteiger partial charge < -0.3 is 10.0 Å². The third kappa shape index (κ3) is 1.69. The highest BCUT2D eigenvalue weighted by Gasteiger charge is 2.12. The molecule has 0 saturated heterocycles. The summed E-state index contributed by atoms with van der Waals surface area (Å²) in [6, 6.07) is 4.88. The van der Waals surface area contributed by atoms with Crippen LogP contribution in [0.25, 0.3) is 16.6 Å². The largest absolute Gasteiger partial charge is 0.478 e. The van der Waals surface area contributed by atoms with Gasteiger partial charge in [0.1, 0.15) is 5.52 Å². The molecule has 3 rings (SSSR count). The highest BCUT2D eigenvalue weighted by Crippen LogP contribution is 2.23. The summed E-state index contributed by atoms with van der Waals surface area (Å²) in [4.78, 5) is 21.6. The van der Waals surface area contributed by atoms with E-state index in [-0.39, 0.29) is 5.56 Å². The van der Waals surface area contributed by atoms with Gasteiger partial charge in [0, 0.05) is 14.1 Å². The zero-order valence-corrected chi connectivity index (χ0v) is 10.5. The Kier molecular flexibility index (Phi) is 2.38. The summed E-state index contributed by atoms with van der Waals surface area (Å²) in [5.74, 6) is -0.153. The van der Waals surface area contributed by atoms with Gasteiger partial charge in [-0.3, -0.25) is 4.40 Å². The highest BCUT2D eigenvalue weighted by atomic mass is 16.4. The van der Waals surface area contributed by atoms with E-state index >= 15 is 0 Å². The molecule has 0 aliphatic heterocycles. The van der Waals surface area contributed by atoms with Gasteiger partial charge in [-0.25, -0.2) is 14.8 Å². The van der Waals surface area contributed by atoms with Crippen LogP contribution in [0.15, 0.2) is 30.7 Å². The van der Waals surface area contributed by atoms with Crippen LogP contribution in [0.4, 0.5) is 5.82 Å². The molecular weight excluding hydrogens is 244 g/mol. The van der Waals surface area contributed by atoms with E-state index in [1.807, 2.05) is 23.4 Å². The third-order valence-electron chi connectivity index (χ3n) is 3.00. The van der Waals surface area contributed by atoms with E-state index in [4.69, 9.17) is 5.11 Å². The number of rotatable bonds is 2. The lowest BCUT2D eigenvalue weighted by Crippen LogP contribution is -2.12. The van der Waals surface area contributed by atoms with E-state index in [9.17, 15) is 4.79 Å². The summed E-state index contributed by atoms with van der Waals surface area (Å²) in [6.45, 7) is 0. The molecule has 96 valence electrons. The number of hydrogen-bond donors (Lipinski definition) is 1. The van der Waals surface area contributed by atoms with Gasteiger partial charge in [0.15, 0.2) is 5.82 Å². The molecule has 1 aromatic carbocycles. The molecule has 0 bridgehead atoms. The lowest BCUT2D eigenvalue weighted by Gasteiger charge is -2.14. The standard InChI is InChI=1S/C13H12N4O2/c1-16(2)12-11-6-14-7-17(11)10-5-8(13(18)19)3-4-9(10)15-12/h3-7H,1-2H3,(H,18,19). The lowest BCUT2D eigenvalue weighted by atomic mass is 10.2. The van der Waals surface area contributed by atoms with E-state index < -0.39 is 5.97 Å². The number of hydrogen-bond acceptors (Lipinski definition) is 4. The fourth-order valence-corrected chi connectivity index (χ4v) is 2.10. The van der Waals surface area contributed by atoms with Gasteiger partial charge in [-0.15, -0.1) is 0 Å². The summed E-state index contributed by atoms with van der Waals surface area (Å²) >= 11 is 0. The van der Waals surface area contributed by atoms with E-state index in [0.717, 1.165) is 22.4 Å². The van der Waals surface area contributed by atoms with Crippen molar-refractivity contribution in [3.05, 3.63) is 36.3 Å². The van der Waals surface area contributed by atoms with Crippen molar-refractivity contribution in [2.24, 2.45) is 0 Å². The molecule has 6 nitrogen and oxygen atoms in total. The van der Waals surface area contributed by atoms with Gasteiger partial charge in [0.2, 0.25) is 0 Å². The van der Waals surface area contributed by atoms with E-state index in [0.29, 0.717) is 0 Å². The minimum Gasteiger partial charge on any atom is -0.478 e. The summed E-state index contributed by atoms with van der Waals surface area (Å²) in [5, 5.41) is 9.06. The average Bonchev–Trinajstić information content (AvgIpc) is 2.86. The summed E-state index contributed by atoms with van der Waals surface area (Å²) in [5.41, 5.74) is 2.55. The molecule has 0 fully saturated rings. The Morgan fingerprint density at radius 2 is 2.11 bits per heavy atom. The van der Waals surface area contributed by atoms with Gasteiger partial charge in [-0.1, -0.05) is 0 Å². The van der Waals surface area contributed by atoms with Crippen molar-refractivity contribution in [3.63, 3.8) is 0 Å². The Labute approximate surface area is 108 Å². The first kappa shape index (κ1) is 11.5. The molecule has 0 aliphatic carbocycles. The molecule has 2 heterocycles. The number of carboxylic acid groups (broad SMARTS) is 1. The number of imidazole rings is 1. The molecule has 0 aliphatic rings. The van der Waals surface area contributed by atoms with Crippen molar-refractivity contribution in [3.8, 4) is 0 Å². The van der Waals surface area contributed by atoms with Crippen LogP contribution < -0.4 is 4.90 Å². The number of benzene rings is 1. The van der Waals surface area contributed by atoms with E-state index in [1.54, 1.807) is 30.7 Å². The fraction of sp³-hybridized carbons (Fsp3) is 0.154. The molecule has 6 heteroatoms. The maximum atomic E-state index is 11.0. The van der Waals surface area contributed by atoms with Gasteiger partial charge in [0.05, 0.1) is 29.1 Å². The topological polar surface area (TPSA) is 70.7 Å². The van der Waals surface area contributed by atoms with Crippen LogP contribution in [0.3, 0.4) is 0 Å². The second-order valence-corrected chi connectivity index (χ2v) is 4.49. The van der Waals surface area contributed by atoms with Crippen LogP contribution in [0.1, 0.15) is 10.4 Å². The van der Waals surface area contributed by atoms with E-state index in [2.05, 4.69) is 9.97 Å². The Morgan fingerprint density at radius 3 is 2.79 bits per heavy atom. The maximum Gasteiger partial charge on any atom is 0.335 e. The molecule has 0 amide bonds. The van der Waals surface area contributed by atoms with Gasteiger partial charge >= 0.3 is 5.97 Å². The van der Waals surface area contributed by atoms with Crippen molar-refractivity contribution in [2.75, 3.05) is 19.0 Å². The van der Waals surface area contributed by atoms with E-state index in [1.165, 1.54) is 0 Å². The molecule has 2 aromatic heterocycles. The number of nitrogens with zero attached hydrogens (tertiary/aromatic N) is 4. The summed E-state index contributed by atoms with van der Waals surface area (Å²) in [6.07, 6.45) is 3.38. The Balaban J connectivity index is 2.43. The molecule has 0 radical (unpaired) electrons. The monoisotopic (exact) mass is 256 g/mol. The molecule has 0 atom stereocenters. The Morgan fingerprint density at radius 1 is 1.32 bits per heavy atom. The molecule has 0 unspecified atom stereocenters. The summed E-state index contributed by atoms with van der Waals surface area (Å²) < 4.78 is 1.85. The Bertz CT molecular complexity index is 792. The van der Waals surface area contributed by atoms with Crippen molar-refractivity contribution >= 4 is 28.3 Å². The second-order valence-electron chi connectivity index (χ2n) is 4.49. The average molecular weight is 256 g/mol. The highest BCUT2D eigenvalue weighted by molar-refractivity contribution is 5.94. The SMILES string of the molecule is CN(C)c1nc2ccc(C(=O)O)cc2n2cncc12. The first-order chi connectivity index (χ1) is 9.08. The van der Waals surface area contributed by atoms with Crippen LogP contribution in [0, 0.1) is 0 Å². The first-order valence-corrected chi connectivity index (χ1v) is 5.74. The molecule has 1 N–H and O–H groups in total. The van der Waals surface area contributed by atoms with Crippen LogP contribution in [0.5, 0.6) is 0 Å². The van der Waals surface area contributed by atoms with Crippen molar-refractivity contribution in [2.45, 2.75) is 0 Å². The molecule has 3 aromatic rings. The van der Waals surface area contributed by atoms with Gasteiger partial charge in [-0.2, -0.15) is 0 Å². The quantitative estimate of drug-likeness (QED) is 0.754. The number of fused-ring (bicyclic) bond motifs is 3. The van der Waals surface area contributed by atoms with Crippen LogP contribution in [-0.2, 0) is 0 Å². The number of aromatic nitrogens is 3. The lowest BCUT2D eigenvalue weighted by molar-refractivity contribution is 0.0697. The minimum atomic E-state index is -0.952. The second kappa shape index (κ2) is 3.94. The summed E-state index contributed by atoms with van der Waals surface area (Å²) in [7, 11) is 3.82. The van der Waals surface area contributed by atoms with Crippen molar-refractivity contribution in [1.82, 2.24) is 14.4 Å². The number of carbonyl (C=O) groups is 1. The predicted octanol–water partition coefficient (Wildman–Crippen LogP) is 1.65. The third-order valence-corrected chi connectivity index (χ3v) is 3.00. The molecule has 0 saturated carbocycles. The number of anilines is 1. The van der Waals surface area contributed by atoms with Gasteiger partial charge in [-0.05, 0) is 18.2 Å². The van der Waals surface area contributed by atoms with Gasteiger partial charge in [0.25, 0.3) is 0 Å². The smallest absolute Gasteiger partial charge is 0.335 e. The van der Waals surface area contributed by atoms with Crippen LogP contribution >= 0.6 is 0 Å². The molecular formula is C13H12N4O2. The van der Waals surface area contributed by atoms with Crippen LogP contribution in [0.2, 0.25) is 0 Å². The fourth-order valence-electron chi connectivity index (χ4n) is 2.10. The molecule has 0 spiro atoms. The predicted molar refractivity (Wildman–Crippen MR) is 71.8 cm³/mol.